The molecule has 1 heterocycles. The summed E-state index contributed by atoms with van der Waals surface area (Å²) in [5.41, 5.74) is 3.13. The molecule has 2 rings (SSSR count). The first-order valence-corrected chi connectivity index (χ1v) is 7.48. The monoisotopic (exact) mass is 331 g/mol. The van der Waals surface area contributed by atoms with E-state index in [0.29, 0.717) is 17.0 Å². The Morgan fingerprint density at radius 1 is 1.12 bits per heavy atom. The van der Waals surface area contributed by atoms with Gasteiger partial charge in [0.1, 0.15) is 0 Å². The Hall–Kier alpha value is -2.60. The number of nitrogens with one attached hydrogen (secondary N) is 1. The molecule has 0 saturated carbocycles. The molecular formula is C18H21NO5. The minimum atomic E-state index is -1.08. The minimum Gasteiger partial charge on any atom is -0.478 e. The van der Waals surface area contributed by atoms with E-state index in [1.54, 1.807) is 6.92 Å². The van der Waals surface area contributed by atoms with Gasteiger partial charge in [-0.25, -0.2) is 9.59 Å². The van der Waals surface area contributed by atoms with Crippen LogP contribution >= 0.6 is 0 Å². The largest absolute Gasteiger partial charge is 0.478 e. The van der Waals surface area contributed by atoms with Gasteiger partial charge >= 0.3 is 11.9 Å². The van der Waals surface area contributed by atoms with E-state index in [4.69, 9.17) is 9.47 Å². The van der Waals surface area contributed by atoms with E-state index in [1.165, 1.54) is 14.2 Å². The van der Waals surface area contributed by atoms with Gasteiger partial charge in [-0.3, -0.25) is 0 Å². The molecule has 0 radical (unpaired) electrons. The SMILES string of the molecule is COCC1=C(C(=O)OC)C(c2ccc(C)cc2)C(C(=O)O)=C(C)N1. The predicted molar refractivity (Wildman–Crippen MR) is 88.3 cm³/mol. The molecule has 6 nitrogen and oxygen atoms in total. The van der Waals surface area contributed by atoms with Crippen LogP contribution in [0, 0.1) is 6.92 Å². The fourth-order valence-electron chi connectivity index (χ4n) is 2.88. The molecule has 0 aromatic heterocycles. The number of allylic oxidation sites excluding steroid dienone is 1. The fraction of sp³-hybridized carbons (Fsp3) is 0.333. The number of carbonyl (C=O) groups is 2. The van der Waals surface area contributed by atoms with E-state index < -0.39 is 17.9 Å². The zero-order chi connectivity index (χ0) is 17.9. The standard InChI is InChI=1S/C18H21NO5/c1-10-5-7-12(8-6-10)15-14(17(20)21)11(2)19-13(9-23-3)16(15)18(22)24-4/h5-8,15,19H,9H2,1-4H3,(H,20,21). The molecule has 6 heteroatoms. The molecule has 1 unspecified atom stereocenters. The number of hydrogen-bond acceptors (Lipinski definition) is 5. The van der Waals surface area contributed by atoms with Crippen LogP contribution in [0.1, 0.15) is 24.0 Å². The highest BCUT2D eigenvalue weighted by molar-refractivity contribution is 5.99. The van der Waals surface area contributed by atoms with Crippen molar-refractivity contribution in [3.63, 3.8) is 0 Å². The number of methoxy groups -OCH3 is 2. The van der Waals surface area contributed by atoms with Crippen LogP contribution in [0.5, 0.6) is 0 Å². The Labute approximate surface area is 140 Å². The highest BCUT2D eigenvalue weighted by Gasteiger charge is 2.37. The second-order valence-electron chi connectivity index (χ2n) is 5.63. The second-order valence-corrected chi connectivity index (χ2v) is 5.63. The lowest BCUT2D eigenvalue weighted by molar-refractivity contribution is -0.136. The normalized spacial score (nSPS) is 17.6. The highest BCUT2D eigenvalue weighted by atomic mass is 16.5. The van der Waals surface area contributed by atoms with Crippen LogP contribution in [0.3, 0.4) is 0 Å². The smallest absolute Gasteiger partial charge is 0.336 e. The maximum Gasteiger partial charge on any atom is 0.336 e. The number of aryl methyl sites for hydroxylation is 1. The van der Waals surface area contributed by atoms with Crippen molar-refractivity contribution in [2.24, 2.45) is 0 Å². The molecule has 1 aromatic rings. The van der Waals surface area contributed by atoms with Gasteiger partial charge in [0.05, 0.1) is 36.5 Å². The Bertz CT molecular complexity index is 715. The number of benzene rings is 1. The lowest BCUT2D eigenvalue weighted by Gasteiger charge is -2.30. The van der Waals surface area contributed by atoms with Gasteiger partial charge in [0.25, 0.3) is 0 Å². The summed E-state index contributed by atoms with van der Waals surface area (Å²) in [7, 11) is 2.79. The van der Waals surface area contributed by atoms with E-state index in [0.717, 1.165) is 5.56 Å². The number of carbonyl (C=O) groups excluding carboxylic acids is 1. The molecule has 0 amide bonds. The fourth-order valence-corrected chi connectivity index (χ4v) is 2.88. The molecule has 0 spiro atoms. The molecule has 1 aliphatic rings. The van der Waals surface area contributed by atoms with E-state index in [9.17, 15) is 14.7 Å². The third-order valence-corrected chi connectivity index (χ3v) is 3.98. The molecule has 2 N–H and O–H groups in total. The quantitative estimate of drug-likeness (QED) is 0.804. The topological polar surface area (TPSA) is 84.9 Å². The molecule has 24 heavy (non-hydrogen) atoms. The maximum atomic E-state index is 12.4. The summed E-state index contributed by atoms with van der Waals surface area (Å²) in [4.78, 5) is 24.2. The number of ether oxygens (including phenoxy) is 2. The van der Waals surface area contributed by atoms with Gasteiger partial charge in [-0.05, 0) is 19.4 Å². The average molecular weight is 331 g/mol. The molecule has 1 aliphatic heterocycles. The summed E-state index contributed by atoms with van der Waals surface area (Å²) in [6, 6.07) is 7.43. The van der Waals surface area contributed by atoms with E-state index in [2.05, 4.69) is 5.32 Å². The number of esters is 1. The summed E-state index contributed by atoms with van der Waals surface area (Å²) in [6.07, 6.45) is 0. The summed E-state index contributed by atoms with van der Waals surface area (Å²) in [5.74, 6) is -2.38. The van der Waals surface area contributed by atoms with Crippen molar-refractivity contribution >= 4 is 11.9 Å². The van der Waals surface area contributed by atoms with Crippen molar-refractivity contribution in [1.82, 2.24) is 5.32 Å². The second kappa shape index (κ2) is 7.31. The summed E-state index contributed by atoms with van der Waals surface area (Å²) >= 11 is 0. The first-order chi connectivity index (χ1) is 11.4. The van der Waals surface area contributed by atoms with Crippen LogP contribution in [0.4, 0.5) is 0 Å². The van der Waals surface area contributed by atoms with Gasteiger partial charge in [-0.15, -0.1) is 0 Å². The summed E-state index contributed by atoms with van der Waals surface area (Å²) in [6.45, 7) is 3.77. The Morgan fingerprint density at radius 3 is 2.25 bits per heavy atom. The zero-order valence-electron chi connectivity index (χ0n) is 14.2. The molecule has 0 bridgehead atoms. The van der Waals surface area contributed by atoms with Crippen molar-refractivity contribution in [2.75, 3.05) is 20.8 Å². The van der Waals surface area contributed by atoms with Gasteiger partial charge in [0.2, 0.25) is 0 Å². The number of hydrogen-bond donors (Lipinski definition) is 2. The number of carboxylic acid groups (broad SMARTS) is 1. The van der Waals surface area contributed by atoms with Gasteiger partial charge < -0.3 is 19.9 Å². The Kier molecular flexibility index (Phi) is 5.41. The van der Waals surface area contributed by atoms with E-state index in [1.807, 2.05) is 31.2 Å². The number of aliphatic carboxylic acids is 1. The number of carboxylic acids is 1. The molecule has 1 aromatic carbocycles. The average Bonchev–Trinajstić information content (AvgIpc) is 2.54. The van der Waals surface area contributed by atoms with Crippen LogP contribution in [-0.4, -0.2) is 37.9 Å². The van der Waals surface area contributed by atoms with Crippen molar-refractivity contribution < 1.29 is 24.2 Å². The lowest BCUT2D eigenvalue weighted by atomic mass is 9.80. The molecule has 0 aliphatic carbocycles. The summed E-state index contributed by atoms with van der Waals surface area (Å²) < 4.78 is 10.1. The molecule has 1 atom stereocenters. The molecule has 0 fully saturated rings. The van der Waals surface area contributed by atoms with Crippen molar-refractivity contribution in [3.8, 4) is 0 Å². The van der Waals surface area contributed by atoms with Crippen molar-refractivity contribution in [2.45, 2.75) is 19.8 Å². The first-order valence-electron chi connectivity index (χ1n) is 7.48. The zero-order valence-corrected chi connectivity index (χ0v) is 14.2. The minimum absolute atomic E-state index is 0.124. The third kappa shape index (κ3) is 3.33. The van der Waals surface area contributed by atoms with Crippen LogP contribution in [0.15, 0.2) is 46.8 Å². The van der Waals surface area contributed by atoms with Crippen molar-refractivity contribution in [3.05, 3.63) is 57.9 Å². The number of dihydropyridines is 1. The van der Waals surface area contributed by atoms with Gasteiger partial charge in [-0.2, -0.15) is 0 Å². The number of rotatable bonds is 5. The van der Waals surface area contributed by atoms with E-state index >= 15 is 0 Å². The molecule has 128 valence electrons. The predicted octanol–water partition coefficient (Wildman–Crippen LogP) is 2.11. The van der Waals surface area contributed by atoms with E-state index in [-0.39, 0.29) is 17.8 Å². The van der Waals surface area contributed by atoms with Crippen molar-refractivity contribution in [1.29, 1.82) is 0 Å². The Balaban J connectivity index is 2.69. The first kappa shape index (κ1) is 17.7. The van der Waals surface area contributed by atoms with Gasteiger partial charge in [0, 0.05) is 12.8 Å². The molecular weight excluding hydrogens is 310 g/mol. The highest BCUT2D eigenvalue weighted by Crippen LogP contribution is 2.38. The Morgan fingerprint density at radius 2 is 1.75 bits per heavy atom. The maximum absolute atomic E-state index is 12.4. The van der Waals surface area contributed by atoms with Gasteiger partial charge in [0.15, 0.2) is 0 Å². The third-order valence-electron chi connectivity index (χ3n) is 3.98. The lowest BCUT2D eigenvalue weighted by Crippen LogP contribution is -2.33. The van der Waals surface area contributed by atoms with Crippen LogP contribution in [0.2, 0.25) is 0 Å². The molecule has 0 saturated heterocycles. The van der Waals surface area contributed by atoms with Gasteiger partial charge in [-0.1, -0.05) is 29.8 Å². The van der Waals surface area contributed by atoms with Crippen LogP contribution < -0.4 is 5.32 Å². The van der Waals surface area contributed by atoms with Crippen LogP contribution in [0.25, 0.3) is 0 Å². The summed E-state index contributed by atoms with van der Waals surface area (Å²) in [5, 5.41) is 12.7. The van der Waals surface area contributed by atoms with Crippen LogP contribution in [-0.2, 0) is 19.1 Å².